The Labute approximate surface area is 121 Å². The van der Waals surface area contributed by atoms with E-state index in [1.807, 2.05) is 0 Å². The first kappa shape index (κ1) is 16.2. The Morgan fingerprint density at radius 3 is 2.55 bits per heavy atom. The van der Waals surface area contributed by atoms with Crippen LogP contribution in [0.4, 0.5) is 14.9 Å². The molecule has 7 heteroatoms. The predicted octanol–water partition coefficient (Wildman–Crippen LogP) is 2.96. The third-order valence-electron chi connectivity index (χ3n) is 2.81. The van der Waals surface area contributed by atoms with Gasteiger partial charge in [0.15, 0.2) is 0 Å². The molecule has 0 radical (unpaired) electrons. The number of rotatable bonds is 5. The number of carboxylic acids is 1. The van der Waals surface area contributed by atoms with Gasteiger partial charge in [0.1, 0.15) is 5.82 Å². The highest BCUT2D eigenvalue weighted by atomic mass is 35.5. The van der Waals surface area contributed by atoms with E-state index in [-0.39, 0.29) is 23.2 Å². The standard InChI is InChI=1S/C13H16ClFN2O3/c1-7(2)8(12(18)19)6-16-13(20)17-11-9(14)4-3-5-10(11)15/h3-5,7-8H,6H2,1-2H3,(H,18,19)(H2,16,17,20). The quantitative estimate of drug-likeness (QED) is 0.782. The third kappa shape index (κ3) is 4.38. The van der Waals surface area contributed by atoms with Crippen molar-refractivity contribution in [3.05, 3.63) is 29.0 Å². The molecular weight excluding hydrogens is 287 g/mol. The molecule has 0 aliphatic carbocycles. The molecule has 1 rings (SSSR count). The molecule has 0 aliphatic heterocycles. The number of benzene rings is 1. The number of urea groups is 1. The molecule has 110 valence electrons. The Morgan fingerprint density at radius 2 is 2.05 bits per heavy atom. The molecule has 0 heterocycles. The van der Waals surface area contributed by atoms with Crippen molar-refractivity contribution in [2.45, 2.75) is 13.8 Å². The van der Waals surface area contributed by atoms with Crippen molar-refractivity contribution in [2.75, 3.05) is 11.9 Å². The normalized spacial score (nSPS) is 12.1. The van der Waals surface area contributed by atoms with Gasteiger partial charge in [0, 0.05) is 6.54 Å². The van der Waals surface area contributed by atoms with Crippen LogP contribution in [0.1, 0.15) is 13.8 Å². The summed E-state index contributed by atoms with van der Waals surface area (Å²) in [4.78, 5) is 22.6. The average molecular weight is 303 g/mol. The Hall–Kier alpha value is -1.82. The molecule has 1 aromatic carbocycles. The number of carboxylic acid groups (broad SMARTS) is 1. The fraction of sp³-hybridized carbons (Fsp3) is 0.385. The lowest BCUT2D eigenvalue weighted by molar-refractivity contribution is -0.142. The highest BCUT2D eigenvalue weighted by Gasteiger charge is 2.22. The summed E-state index contributed by atoms with van der Waals surface area (Å²) in [5.74, 6) is -2.50. The number of nitrogens with one attached hydrogen (secondary N) is 2. The second kappa shape index (κ2) is 7.09. The SMILES string of the molecule is CC(C)C(CNC(=O)Nc1c(F)cccc1Cl)C(=O)O. The molecule has 20 heavy (non-hydrogen) atoms. The van der Waals surface area contributed by atoms with Gasteiger partial charge in [-0.2, -0.15) is 0 Å². The van der Waals surface area contributed by atoms with Gasteiger partial charge < -0.3 is 15.7 Å². The number of amides is 2. The van der Waals surface area contributed by atoms with E-state index in [2.05, 4.69) is 10.6 Å². The topological polar surface area (TPSA) is 78.4 Å². The summed E-state index contributed by atoms with van der Waals surface area (Å²) in [6.45, 7) is 3.43. The van der Waals surface area contributed by atoms with Crippen molar-refractivity contribution < 1.29 is 19.1 Å². The van der Waals surface area contributed by atoms with Crippen molar-refractivity contribution in [1.29, 1.82) is 0 Å². The number of carbonyl (C=O) groups excluding carboxylic acids is 1. The highest BCUT2D eigenvalue weighted by molar-refractivity contribution is 6.33. The van der Waals surface area contributed by atoms with Crippen molar-refractivity contribution in [3.8, 4) is 0 Å². The summed E-state index contributed by atoms with van der Waals surface area (Å²) in [6.07, 6.45) is 0. The van der Waals surface area contributed by atoms with E-state index in [9.17, 15) is 14.0 Å². The van der Waals surface area contributed by atoms with Crippen LogP contribution in [-0.2, 0) is 4.79 Å². The van der Waals surface area contributed by atoms with Gasteiger partial charge in [0.2, 0.25) is 0 Å². The molecular formula is C13H16ClFN2O3. The summed E-state index contributed by atoms with van der Waals surface area (Å²) in [5.41, 5.74) is -0.136. The minimum atomic E-state index is -0.996. The Balaban J connectivity index is 2.62. The van der Waals surface area contributed by atoms with Crippen LogP contribution in [0.5, 0.6) is 0 Å². The molecule has 0 bridgehead atoms. The first-order valence-electron chi connectivity index (χ1n) is 6.04. The van der Waals surface area contributed by atoms with E-state index in [1.54, 1.807) is 13.8 Å². The summed E-state index contributed by atoms with van der Waals surface area (Å²) in [5, 5.41) is 13.7. The molecule has 0 aromatic heterocycles. The summed E-state index contributed by atoms with van der Waals surface area (Å²) in [6, 6.07) is 3.31. The molecule has 1 atom stereocenters. The number of carbonyl (C=O) groups is 2. The number of halogens is 2. The number of anilines is 1. The van der Waals surface area contributed by atoms with E-state index < -0.39 is 23.7 Å². The first-order valence-corrected chi connectivity index (χ1v) is 6.42. The van der Waals surface area contributed by atoms with E-state index in [4.69, 9.17) is 16.7 Å². The van der Waals surface area contributed by atoms with Crippen LogP contribution in [0.25, 0.3) is 0 Å². The summed E-state index contributed by atoms with van der Waals surface area (Å²) in [7, 11) is 0. The fourth-order valence-electron chi connectivity index (χ4n) is 1.59. The monoisotopic (exact) mass is 302 g/mol. The molecule has 0 fully saturated rings. The van der Waals surface area contributed by atoms with Crippen molar-refractivity contribution in [3.63, 3.8) is 0 Å². The Morgan fingerprint density at radius 1 is 1.40 bits per heavy atom. The van der Waals surface area contributed by atoms with E-state index in [0.717, 1.165) is 6.07 Å². The van der Waals surface area contributed by atoms with Gasteiger partial charge in [0.25, 0.3) is 0 Å². The van der Waals surface area contributed by atoms with Crippen molar-refractivity contribution in [2.24, 2.45) is 11.8 Å². The first-order chi connectivity index (χ1) is 9.32. The maximum atomic E-state index is 13.4. The smallest absolute Gasteiger partial charge is 0.319 e. The van der Waals surface area contributed by atoms with Gasteiger partial charge in [-0.3, -0.25) is 4.79 Å². The number of para-hydroxylation sites is 1. The van der Waals surface area contributed by atoms with Gasteiger partial charge in [-0.05, 0) is 18.1 Å². The second-order valence-electron chi connectivity index (χ2n) is 4.62. The number of aliphatic carboxylic acids is 1. The zero-order valence-corrected chi connectivity index (χ0v) is 11.9. The lowest BCUT2D eigenvalue weighted by Gasteiger charge is -2.17. The van der Waals surface area contributed by atoms with Crippen molar-refractivity contribution in [1.82, 2.24) is 5.32 Å². The van der Waals surface area contributed by atoms with Gasteiger partial charge in [-0.25, -0.2) is 9.18 Å². The lowest BCUT2D eigenvalue weighted by atomic mass is 9.96. The highest BCUT2D eigenvalue weighted by Crippen LogP contribution is 2.24. The van der Waals surface area contributed by atoms with Crippen LogP contribution in [0.2, 0.25) is 5.02 Å². The van der Waals surface area contributed by atoms with Gasteiger partial charge in [-0.15, -0.1) is 0 Å². The molecule has 0 saturated carbocycles. The molecule has 1 unspecified atom stereocenters. The third-order valence-corrected chi connectivity index (χ3v) is 3.12. The van der Waals surface area contributed by atoms with Crippen LogP contribution < -0.4 is 10.6 Å². The molecule has 2 amide bonds. The van der Waals surface area contributed by atoms with Gasteiger partial charge in [0.05, 0.1) is 16.6 Å². The van der Waals surface area contributed by atoms with Crippen LogP contribution in [0.15, 0.2) is 18.2 Å². The summed E-state index contributed by atoms with van der Waals surface area (Å²) >= 11 is 5.76. The fourth-order valence-corrected chi connectivity index (χ4v) is 1.80. The molecule has 3 N–H and O–H groups in total. The minimum Gasteiger partial charge on any atom is -0.481 e. The molecule has 1 aromatic rings. The van der Waals surface area contributed by atoms with E-state index >= 15 is 0 Å². The zero-order valence-electron chi connectivity index (χ0n) is 11.1. The van der Waals surface area contributed by atoms with Crippen LogP contribution >= 0.6 is 11.6 Å². The maximum absolute atomic E-state index is 13.4. The number of hydrogen-bond acceptors (Lipinski definition) is 2. The average Bonchev–Trinajstić information content (AvgIpc) is 2.33. The van der Waals surface area contributed by atoms with Gasteiger partial charge in [-0.1, -0.05) is 31.5 Å². The molecule has 0 spiro atoms. The van der Waals surface area contributed by atoms with E-state index in [1.165, 1.54) is 12.1 Å². The second-order valence-corrected chi connectivity index (χ2v) is 5.03. The summed E-state index contributed by atoms with van der Waals surface area (Å²) < 4.78 is 13.4. The van der Waals surface area contributed by atoms with Crippen LogP contribution in [0.3, 0.4) is 0 Å². The largest absolute Gasteiger partial charge is 0.481 e. The van der Waals surface area contributed by atoms with Crippen LogP contribution in [0, 0.1) is 17.7 Å². The van der Waals surface area contributed by atoms with Crippen molar-refractivity contribution >= 4 is 29.3 Å². The Kier molecular flexibility index (Phi) is 5.76. The van der Waals surface area contributed by atoms with E-state index in [0.29, 0.717) is 0 Å². The Bertz CT molecular complexity index is 488. The van der Waals surface area contributed by atoms with Crippen LogP contribution in [-0.4, -0.2) is 23.7 Å². The maximum Gasteiger partial charge on any atom is 0.319 e. The van der Waals surface area contributed by atoms with Gasteiger partial charge >= 0.3 is 12.0 Å². The number of hydrogen-bond donors (Lipinski definition) is 3. The molecule has 0 aliphatic rings. The minimum absolute atomic E-state index is 0.0507. The zero-order chi connectivity index (χ0) is 15.3. The predicted molar refractivity (Wildman–Crippen MR) is 74.4 cm³/mol. The molecule has 0 saturated heterocycles. The lowest BCUT2D eigenvalue weighted by Crippen LogP contribution is -2.38. The molecule has 5 nitrogen and oxygen atoms in total.